The quantitative estimate of drug-likeness (QED) is 0.631. The number of hydrogen-bond donors (Lipinski definition) is 2. The molecule has 3 nitrogen and oxygen atoms in total. The summed E-state index contributed by atoms with van der Waals surface area (Å²) in [6.07, 6.45) is 2.08. The Bertz CT molecular complexity index is 74.0. The molecule has 0 aromatic rings. The van der Waals surface area contributed by atoms with Crippen LogP contribution in [0, 0.1) is 0 Å². The molecule has 0 saturated carbocycles. The summed E-state index contributed by atoms with van der Waals surface area (Å²) in [4.78, 5) is 9.76. The van der Waals surface area contributed by atoms with E-state index in [-0.39, 0.29) is 0 Å². The van der Waals surface area contributed by atoms with E-state index in [1.165, 1.54) is 0 Å². The van der Waals surface area contributed by atoms with Gasteiger partial charge >= 0.3 is 5.97 Å². The van der Waals surface area contributed by atoms with Crippen LogP contribution in [0.4, 0.5) is 0 Å². The van der Waals surface area contributed by atoms with E-state index in [0.717, 1.165) is 19.4 Å². The van der Waals surface area contributed by atoms with E-state index in [1.807, 2.05) is 13.8 Å². The van der Waals surface area contributed by atoms with Crippen LogP contribution in [-0.2, 0) is 4.79 Å². The number of nitrogens with two attached hydrogens (primary N) is 1. The molecular weight excluding hydrogens is 130 g/mol. The van der Waals surface area contributed by atoms with Gasteiger partial charge in [-0.15, -0.1) is 0 Å². The van der Waals surface area contributed by atoms with Crippen LogP contribution < -0.4 is 5.73 Å². The highest BCUT2D eigenvalue weighted by Crippen LogP contribution is 1.91. The molecule has 0 aliphatic rings. The van der Waals surface area contributed by atoms with Crippen LogP contribution in [0.3, 0.4) is 0 Å². The molecule has 10 heavy (non-hydrogen) atoms. The molecule has 0 spiro atoms. The van der Waals surface area contributed by atoms with E-state index in [1.54, 1.807) is 0 Å². The summed E-state index contributed by atoms with van der Waals surface area (Å²) in [6.45, 7) is 4.63. The van der Waals surface area contributed by atoms with E-state index < -0.39 is 5.97 Å². The van der Waals surface area contributed by atoms with Crippen molar-refractivity contribution < 1.29 is 9.90 Å². The Balaban J connectivity index is 0. The average molecular weight is 147 g/mol. The van der Waals surface area contributed by atoms with E-state index in [2.05, 4.69) is 0 Å². The molecule has 0 atom stereocenters. The third-order valence-electron chi connectivity index (χ3n) is 0.744. The molecule has 3 N–H and O–H groups in total. The van der Waals surface area contributed by atoms with Crippen molar-refractivity contribution in [1.29, 1.82) is 0 Å². The second kappa shape index (κ2) is 11.3. The second-order valence-corrected chi connectivity index (χ2v) is 1.91. The molecule has 0 aromatic heterocycles. The first-order valence-electron chi connectivity index (χ1n) is 3.60. The maximum absolute atomic E-state index is 9.76. The summed E-state index contributed by atoms with van der Waals surface area (Å²) in [5.74, 6) is -0.693. The molecule has 0 amide bonds. The summed E-state index contributed by atoms with van der Waals surface area (Å²) in [7, 11) is 0. The number of carbonyl (C=O) groups is 1. The Labute approximate surface area is 62.2 Å². The van der Waals surface area contributed by atoms with Gasteiger partial charge in [-0.2, -0.15) is 0 Å². The lowest BCUT2D eigenvalue weighted by molar-refractivity contribution is -0.137. The minimum Gasteiger partial charge on any atom is -0.481 e. The summed E-state index contributed by atoms with van der Waals surface area (Å²) < 4.78 is 0. The second-order valence-electron chi connectivity index (χ2n) is 1.91. The zero-order chi connectivity index (χ0) is 8.41. The van der Waals surface area contributed by atoms with Crippen molar-refractivity contribution in [1.82, 2.24) is 0 Å². The predicted molar refractivity (Wildman–Crippen MR) is 41.9 cm³/mol. The minimum atomic E-state index is -0.693. The minimum absolute atomic E-state index is 0.316. The van der Waals surface area contributed by atoms with E-state index in [9.17, 15) is 4.79 Å². The van der Waals surface area contributed by atoms with Gasteiger partial charge in [-0.05, 0) is 13.0 Å². The van der Waals surface area contributed by atoms with Crippen LogP contribution in [0.1, 0.15) is 33.1 Å². The van der Waals surface area contributed by atoms with Crippen LogP contribution in [-0.4, -0.2) is 17.6 Å². The van der Waals surface area contributed by atoms with Gasteiger partial charge in [0.05, 0.1) is 0 Å². The van der Waals surface area contributed by atoms with E-state index in [4.69, 9.17) is 10.8 Å². The molecule has 0 unspecified atom stereocenters. The summed E-state index contributed by atoms with van der Waals surface area (Å²) in [5, 5.41) is 8.04. The van der Waals surface area contributed by atoms with Crippen molar-refractivity contribution in [3.63, 3.8) is 0 Å². The van der Waals surface area contributed by atoms with Gasteiger partial charge in [-0.3, -0.25) is 4.79 Å². The Hall–Kier alpha value is -0.570. The lowest BCUT2D eigenvalue weighted by atomic mass is 10.3. The monoisotopic (exact) mass is 147 g/mol. The number of unbranched alkanes of at least 4 members (excludes halogenated alkanes) is 1. The van der Waals surface area contributed by atoms with Gasteiger partial charge in [0, 0.05) is 6.42 Å². The molecule has 62 valence electrons. The number of hydrogen-bond acceptors (Lipinski definition) is 2. The van der Waals surface area contributed by atoms with Crippen LogP contribution in [0.2, 0.25) is 0 Å². The van der Waals surface area contributed by atoms with Crippen molar-refractivity contribution in [3.8, 4) is 0 Å². The Morgan fingerprint density at radius 3 is 2.00 bits per heavy atom. The fraction of sp³-hybridized carbons (Fsp3) is 0.857. The first-order valence-corrected chi connectivity index (χ1v) is 3.60. The van der Waals surface area contributed by atoms with Gasteiger partial charge in [0.1, 0.15) is 0 Å². The molecule has 0 saturated heterocycles. The average Bonchev–Trinajstić information content (AvgIpc) is 1.85. The molecule has 0 aliphatic carbocycles. The molecule has 0 radical (unpaired) electrons. The molecule has 0 rings (SSSR count). The zero-order valence-corrected chi connectivity index (χ0v) is 6.76. The molecule has 0 fully saturated rings. The van der Waals surface area contributed by atoms with Gasteiger partial charge in [0.2, 0.25) is 0 Å². The SMILES string of the molecule is CCCCC(=O)O.CCN. The standard InChI is InChI=1S/C5H10O2.C2H7N/c1-2-3-4-5(6)7;1-2-3/h2-4H2,1H3,(H,6,7);2-3H2,1H3. The van der Waals surface area contributed by atoms with Crippen LogP contribution in [0.25, 0.3) is 0 Å². The highest BCUT2D eigenvalue weighted by molar-refractivity contribution is 5.66. The predicted octanol–water partition coefficient (Wildman–Crippen LogP) is 1.23. The van der Waals surface area contributed by atoms with Crippen LogP contribution in [0.5, 0.6) is 0 Å². The molecule has 3 heteroatoms. The van der Waals surface area contributed by atoms with Crippen molar-refractivity contribution in [3.05, 3.63) is 0 Å². The third kappa shape index (κ3) is 26.1. The van der Waals surface area contributed by atoms with Gasteiger partial charge in [-0.1, -0.05) is 20.3 Å². The fourth-order valence-corrected chi connectivity index (χ4v) is 0.328. The van der Waals surface area contributed by atoms with Crippen molar-refractivity contribution in [2.75, 3.05) is 6.54 Å². The molecule has 0 aromatic carbocycles. The third-order valence-corrected chi connectivity index (χ3v) is 0.744. The lowest BCUT2D eigenvalue weighted by Crippen LogP contribution is -1.91. The van der Waals surface area contributed by atoms with Gasteiger partial charge in [-0.25, -0.2) is 0 Å². The molecule has 0 bridgehead atoms. The maximum atomic E-state index is 9.76. The first kappa shape index (κ1) is 12.1. The highest BCUT2D eigenvalue weighted by atomic mass is 16.4. The Kier molecular flexibility index (Phi) is 13.7. The first-order chi connectivity index (χ1) is 4.68. The fourth-order valence-electron chi connectivity index (χ4n) is 0.328. The van der Waals surface area contributed by atoms with Crippen molar-refractivity contribution >= 4 is 5.97 Å². The van der Waals surface area contributed by atoms with E-state index in [0.29, 0.717) is 6.42 Å². The summed E-state index contributed by atoms with van der Waals surface area (Å²) in [6, 6.07) is 0. The number of aliphatic carboxylic acids is 1. The van der Waals surface area contributed by atoms with Crippen molar-refractivity contribution in [2.24, 2.45) is 5.73 Å². The number of rotatable bonds is 3. The lowest BCUT2D eigenvalue weighted by Gasteiger charge is -1.85. The smallest absolute Gasteiger partial charge is 0.303 e. The van der Waals surface area contributed by atoms with Crippen LogP contribution >= 0.6 is 0 Å². The number of carboxylic acid groups (broad SMARTS) is 1. The molecular formula is C7H17NO2. The molecule has 0 aliphatic heterocycles. The number of carboxylic acids is 1. The van der Waals surface area contributed by atoms with Gasteiger partial charge in [0.15, 0.2) is 0 Å². The normalized spacial score (nSPS) is 7.90. The zero-order valence-electron chi connectivity index (χ0n) is 6.76. The summed E-state index contributed by atoms with van der Waals surface area (Å²) >= 11 is 0. The Morgan fingerprint density at radius 1 is 1.50 bits per heavy atom. The maximum Gasteiger partial charge on any atom is 0.303 e. The topological polar surface area (TPSA) is 63.3 Å². The van der Waals surface area contributed by atoms with Gasteiger partial charge < -0.3 is 10.8 Å². The summed E-state index contributed by atoms with van der Waals surface area (Å²) in [5.41, 5.74) is 4.85. The highest BCUT2D eigenvalue weighted by Gasteiger charge is 1.90. The van der Waals surface area contributed by atoms with Crippen molar-refractivity contribution in [2.45, 2.75) is 33.1 Å². The largest absolute Gasteiger partial charge is 0.481 e. The van der Waals surface area contributed by atoms with E-state index >= 15 is 0 Å². The Morgan fingerprint density at radius 2 is 1.90 bits per heavy atom. The van der Waals surface area contributed by atoms with Gasteiger partial charge in [0.25, 0.3) is 0 Å². The molecule has 0 heterocycles. The van der Waals surface area contributed by atoms with Crippen LogP contribution in [0.15, 0.2) is 0 Å².